The first-order valence-corrected chi connectivity index (χ1v) is 6.21. The molecule has 0 bridgehead atoms. The Labute approximate surface area is 96.5 Å². The van der Waals surface area contributed by atoms with E-state index >= 15 is 0 Å². The quantitative estimate of drug-likeness (QED) is 0.566. The normalized spacial score (nSPS) is 15.1. The number of hydrogen-bond donors (Lipinski definition) is 0. The highest BCUT2D eigenvalue weighted by atomic mass is 14.2. The zero-order valence-electron chi connectivity index (χ0n) is 11.8. The van der Waals surface area contributed by atoms with E-state index in [1.807, 2.05) is 0 Å². The van der Waals surface area contributed by atoms with Crippen molar-refractivity contribution in [3.63, 3.8) is 0 Å². The Kier molecular flexibility index (Phi) is 5.98. The molecule has 0 aromatic heterocycles. The third-order valence-electron chi connectivity index (χ3n) is 3.78. The van der Waals surface area contributed by atoms with E-state index in [1.165, 1.54) is 11.1 Å². The minimum absolute atomic E-state index is 0.613. The summed E-state index contributed by atoms with van der Waals surface area (Å²) in [5.74, 6) is 2.73. The van der Waals surface area contributed by atoms with Crippen LogP contribution >= 0.6 is 0 Å². The maximum Gasteiger partial charge on any atom is -0.0130 e. The van der Waals surface area contributed by atoms with Crippen LogP contribution in [0.1, 0.15) is 55.4 Å². The van der Waals surface area contributed by atoms with Crippen molar-refractivity contribution < 1.29 is 0 Å². The predicted octanol–water partition coefficient (Wildman–Crippen LogP) is 5.06. The van der Waals surface area contributed by atoms with Crippen molar-refractivity contribution in [3.8, 4) is 0 Å². The maximum atomic E-state index is 3.55. The number of allylic oxidation sites excluding steroid dienone is 1. The molecule has 0 aliphatic carbocycles. The van der Waals surface area contributed by atoms with Crippen molar-refractivity contribution in [2.45, 2.75) is 55.4 Å². The van der Waals surface area contributed by atoms with Gasteiger partial charge in [-0.25, -0.2) is 0 Å². The van der Waals surface area contributed by atoms with Gasteiger partial charge in [0.05, 0.1) is 0 Å². The smallest absolute Gasteiger partial charge is 0.0130 e. The van der Waals surface area contributed by atoms with Gasteiger partial charge in [0.2, 0.25) is 0 Å². The minimum Gasteiger partial charge on any atom is -0.123 e. The van der Waals surface area contributed by atoms with Crippen molar-refractivity contribution in [1.82, 2.24) is 0 Å². The van der Waals surface area contributed by atoms with Crippen LogP contribution in [0.5, 0.6) is 0 Å². The Morgan fingerprint density at radius 1 is 0.800 bits per heavy atom. The van der Waals surface area contributed by atoms with E-state index in [0.717, 1.165) is 11.8 Å². The molecule has 0 rings (SSSR count). The van der Waals surface area contributed by atoms with Gasteiger partial charge in [-0.05, 0) is 48.7 Å². The van der Waals surface area contributed by atoms with Crippen molar-refractivity contribution in [2.24, 2.45) is 23.7 Å². The summed E-state index contributed by atoms with van der Waals surface area (Å²) in [6, 6.07) is 0. The summed E-state index contributed by atoms with van der Waals surface area (Å²) in [6.07, 6.45) is 0. The first kappa shape index (κ1) is 14.5. The molecular formula is C15H28. The number of hydrogen-bond acceptors (Lipinski definition) is 0. The van der Waals surface area contributed by atoms with Crippen LogP contribution in [-0.2, 0) is 0 Å². The van der Waals surface area contributed by atoms with E-state index in [9.17, 15) is 0 Å². The molecule has 0 heteroatoms. The van der Waals surface area contributed by atoms with E-state index in [1.54, 1.807) is 0 Å². The monoisotopic (exact) mass is 208 g/mol. The van der Waals surface area contributed by atoms with E-state index in [-0.39, 0.29) is 0 Å². The van der Waals surface area contributed by atoms with E-state index in [0.29, 0.717) is 11.8 Å². The summed E-state index contributed by atoms with van der Waals surface area (Å²) in [5, 5.41) is 0. The summed E-state index contributed by atoms with van der Waals surface area (Å²) >= 11 is 0. The highest BCUT2D eigenvalue weighted by Gasteiger charge is 2.16. The summed E-state index contributed by atoms with van der Waals surface area (Å²) in [5.41, 5.74) is 6.32. The molecule has 0 aliphatic rings. The van der Waals surface area contributed by atoms with Crippen molar-refractivity contribution >= 4 is 0 Å². The third kappa shape index (κ3) is 4.71. The summed E-state index contributed by atoms with van der Waals surface area (Å²) in [7, 11) is 0. The van der Waals surface area contributed by atoms with Crippen LogP contribution in [0.3, 0.4) is 0 Å². The Bertz CT molecular complexity index is 249. The molecule has 2 unspecified atom stereocenters. The topological polar surface area (TPSA) is 0 Å². The van der Waals surface area contributed by atoms with Crippen molar-refractivity contribution in [1.29, 1.82) is 0 Å². The molecule has 0 aliphatic heterocycles. The standard InChI is InChI=1S/C15H28/c1-10(2)12(5)9-13(6)15(8)14(7)11(3)4/h10-11,14-15H,1-8H3. The van der Waals surface area contributed by atoms with Gasteiger partial charge in [0.25, 0.3) is 0 Å². The fourth-order valence-corrected chi connectivity index (χ4v) is 1.54. The lowest BCUT2D eigenvalue weighted by Gasteiger charge is -2.23. The predicted molar refractivity (Wildman–Crippen MR) is 69.9 cm³/mol. The second kappa shape index (κ2) is 6.18. The van der Waals surface area contributed by atoms with Gasteiger partial charge >= 0.3 is 0 Å². The molecule has 0 aromatic rings. The fourth-order valence-electron chi connectivity index (χ4n) is 1.54. The summed E-state index contributed by atoms with van der Waals surface area (Å²) < 4.78 is 0. The Balaban J connectivity index is 4.85. The average molecular weight is 208 g/mol. The molecule has 0 amide bonds. The van der Waals surface area contributed by atoms with Crippen molar-refractivity contribution in [2.75, 3.05) is 0 Å². The van der Waals surface area contributed by atoms with Crippen LogP contribution in [0.2, 0.25) is 0 Å². The van der Waals surface area contributed by atoms with Crippen LogP contribution in [0.25, 0.3) is 0 Å². The van der Waals surface area contributed by atoms with Crippen LogP contribution < -0.4 is 0 Å². The molecule has 88 valence electrons. The third-order valence-corrected chi connectivity index (χ3v) is 3.78. The van der Waals surface area contributed by atoms with Gasteiger partial charge in [0.15, 0.2) is 0 Å². The zero-order chi connectivity index (χ0) is 12.2. The highest BCUT2D eigenvalue weighted by Crippen LogP contribution is 2.26. The molecule has 0 spiro atoms. The SMILES string of the molecule is CC(=C=C(C)C(C)C(C)C(C)C)C(C)C. The fraction of sp³-hybridized carbons (Fsp3) is 0.800. The molecule has 0 saturated carbocycles. The van der Waals surface area contributed by atoms with Crippen molar-refractivity contribution in [3.05, 3.63) is 16.9 Å². The molecule has 0 N–H and O–H groups in total. The first-order chi connectivity index (χ1) is 6.77. The largest absolute Gasteiger partial charge is 0.123 e. The van der Waals surface area contributed by atoms with E-state index < -0.39 is 0 Å². The van der Waals surface area contributed by atoms with Crippen LogP contribution in [0, 0.1) is 23.7 Å². The first-order valence-electron chi connectivity index (χ1n) is 6.21. The average Bonchev–Trinajstić information content (AvgIpc) is 2.14. The molecule has 0 heterocycles. The second-order valence-electron chi connectivity index (χ2n) is 5.54. The van der Waals surface area contributed by atoms with Gasteiger partial charge < -0.3 is 0 Å². The zero-order valence-corrected chi connectivity index (χ0v) is 11.8. The van der Waals surface area contributed by atoms with Gasteiger partial charge in [0, 0.05) is 0 Å². The van der Waals surface area contributed by atoms with Gasteiger partial charge in [-0.2, -0.15) is 0 Å². The van der Waals surface area contributed by atoms with Gasteiger partial charge in [-0.1, -0.05) is 41.5 Å². The minimum atomic E-state index is 0.613. The lowest BCUT2D eigenvalue weighted by atomic mass is 9.82. The Morgan fingerprint density at radius 2 is 1.27 bits per heavy atom. The maximum absolute atomic E-state index is 3.55. The molecule has 0 radical (unpaired) electrons. The van der Waals surface area contributed by atoms with Gasteiger partial charge in [0.1, 0.15) is 0 Å². The molecule has 15 heavy (non-hydrogen) atoms. The second-order valence-corrected chi connectivity index (χ2v) is 5.54. The van der Waals surface area contributed by atoms with E-state index in [2.05, 4.69) is 61.1 Å². The van der Waals surface area contributed by atoms with Crippen LogP contribution in [-0.4, -0.2) is 0 Å². The van der Waals surface area contributed by atoms with Gasteiger partial charge in [-0.15, -0.1) is 5.73 Å². The molecular weight excluding hydrogens is 180 g/mol. The molecule has 0 fully saturated rings. The number of rotatable bonds is 4. The summed E-state index contributed by atoms with van der Waals surface area (Å²) in [4.78, 5) is 0. The molecule has 0 aromatic carbocycles. The lowest BCUT2D eigenvalue weighted by Crippen LogP contribution is -2.15. The Hall–Kier alpha value is -0.480. The van der Waals surface area contributed by atoms with E-state index in [4.69, 9.17) is 0 Å². The highest BCUT2D eigenvalue weighted by molar-refractivity contribution is 5.10. The molecule has 0 nitrogen and oxygen atoms in total. The molecule has 0 saturated heterocycles. The Morgan fingerprint density at radius 3 is 1.60 bits per heavy atom. The molecule has 2 atom stereocenters. The summed E-state index contributed by atoms with van der Waals surface area (Å²) in [6.45, 7) is 18.1. The van der Waals surface area contributed by atoms with Crippen LogP contribution in [0.15, 0.2) is 16.9 Å². The van der Waals surface area contributed by atoms with Crippen LogP contribution in [0.4, 0.5) is 0 Å². The van der Waals surface area contributed by atoms with Gasteiger partial charge in [-0.3, -0.25) is 0 Å². The lowest BCUT2D eigenvalue weighted by molar-refractivity contribution is 0.330.